The zero-order chi connectivity index (χ0) is 21.2. The fourth-order valence-electron chi connectivity index (χ4n) is 3.24. The Bertz CT molecular complexity index is 970. The van der Waals surface area contributed by atoms with Gasteiger partial charge in [-0.15, -0.1) is 0 Å². The quantitative estimate of drug-likeness (QED) is 0.546. The average molecular weight is 392 g/mol. The van der Waals surface area contributed by atoms with Gasteiger partial charge in [0.2, 0.25) is 5.95 Å². The molecular weight excluding hydrogens is 362 g/mol. The molecule has 0 spiro atoms. The van der Waals surface area contributed by atoms with Crippen molar-refractivity contribution in [3.05, 3.63) is 65.0 Å². The average Bonchev–Trinajstić information content (AvgIpc) is 2.64. The molecule has 0 fully saturated rings. The molecule has 2 atom stereocenters. The van der Waals surface area contributed by atoms with Gasteiger partial charge in [-0.05, 0) is 52.2 Å². The maximum atomic E-state index is 12.4. The number of hydrogen-bond donors (Lipinski definition) is 1. The molecule has 5 nitrogen and oxygen atoms in total. The summed E-state index contributed by atoms with van der Waals surface area (Å²) < 4.78 is 5.51. The number of aromatic nitrogens is 2. The highest BCUT2D eigenvalue weighted by molar-refractivity contribution is 5.88. The molecule has 1 heterocycles. The first kappa shape index (κ1) is 20.8. The van der Waals surface area contributed by atoms with Crippen molar-refractivity contribution in [2.45, 2.75) is 53.1 Å². The lowest BCUT2D eigenvalue weighted by Gasteiger charge is -2.25. The van der Waals surface area contributed by atoms with Crippen molar-refractivity contribution in [1.82, 2.24) is 9.97 Å². The second-order valence-electron chi connectivity index (χ2n) is 8.57. The number of nitrogens with one attached hydrogen (secondary N) is 1. The Morgan fingerprint density at radius 1 is 1.24 bits per heavy atom. The number of carbonyl (C=O) groups excluding carboxylic acids is 1. The summed E-state index contributed by atoms with van der Waals surface area (Å²) in [5.74, 6) is 0.436. The van der Waals surface area contributed by atoms with Crippen LogP contribution in [0.1, 0.15) is 57.4 Å². The topological polar surface area (TPSA) is 64.1 Å². The third-order valence-corrected chi connectivity index (χ3v) is 4.85. The standard InChI is InChI=1S/C24H29N3O2/c1-15-11-12-18-14-25-23(26-20-10-8-7-9-16(20)2)27-21(18)19(15)13-17(3)22(28)29-24(4,5)6/h7-15,19H,1-6H3,(H,25,26,27)/b17-13+. The summed E-state index contributed by atoms with van der Waals surface area (Å²) in [5.41, 5.74) is 4.05. The SMILES string of the molecule is C/C(=C\C1c2nc(Nc3ccccc3C)ncc2C=CC1C)C(=O)OC(C)(C)C. The second kappa shape index (κ2) is 8.19. The Morgan fingerprint density at radius 2 is 1.97 bits per heavy atom. The number of carbonyl (C=O) groups is 1. The summed E-state index contributed by atoms with van der Waals surface area (Å²) in [5, 5.41) is 3.31. The third-order valence-electron chi connectivity index (χ3n) is 4.85. The second-order valence-corrected chi connectivity index (χ2v) is 8.57. The molecule has 5 heteroatoms. The number of ether oxygens (including phenoxy) is 1. The van der Waals surface area contributed by atoms with Crippen LogP contribution in [-0.4, -0.2) is 21.5 Å². The predicted molar refractivity (Wildman–Crippen MR) is 117 cm³/mol. The monoisotopic (exact) mass is 391 g/mol. The summed E-state index contributed by atoms with van der Waals surface area (Å²) in [4.78, 5) is 21.7. The summed E-state index contributed by atoms with van der Waals surface area (Å²) in [6, 6.07) is 8.03. The zero-order valence-corrected chi connectivity index (χ0v) is 18.0. The predicted octanol–water partition coefficient (Wildman–Crippen LogP) is 5.56. The first-order valence-electron chi connectivity index (χ1n) is 9.93. The lowest BCUT2D eigenvalue weighted by atomic mass is 9.83. The van der Waals surface area contributed by atoms with Gasteiger partial charge >= 0.3 is 5.97 Å². The zero-order valence-electron chi connectivity index (χ0n) is 18.0. The van der Waals surface area contributed by atoms with Crippen LogP contribution in [0.5, 0.6) is 0 Å². The Kier molecular flexibility index (Phi) is 5.87. The van der Waals surface area contributed by atoms with Crippen LogP contribution in [0, 0.1) is 12.8 Å². The van der Waals surface area contributed by atoms with Crippen LogP contribution >= 0.6 is 0 Å². The lowest BCUT2D eigenvalue weighted by Crippen LogP contribution is -2.25. The first-order chi connectivity index (χ1) is 13.6. The highest BCUT2D eigenvalue weighted by Gasteiger charge is 2.26. The Labute approximate surface area is 172 Å². The van der Waals surface area contributed by atoms with Crippen LogP contribution in [-0.2, 0) is 9.53 Å². The molecule has 1 N–H and O–H groups in total. The van der Waals surface area contributed by atoms with Crippen molar-refractivity contribution in [2.24, 2.45) is 5.92 Å². The van der Waals surface area contributed by atoms with Gasteiger partial charge in [-0.2, -0.15) is 0 Å². The van der Waals surface area contributed by atoms with Gasteiger partial charge in [-0.3, -0.25) is 0 Å². The van der Waals surface area contributed by atoms with E-state index in [1.165, 1.54) is 0 Å². The van der Waals surface area contributed by atoms with Crippen LogP contribution in [0.4, 0.5) is 11.6 Å². The molecule has 1 aromatic carbocycles. The molecule has 0 saturated heterocycles. The maximum absolute atomic E-state index is 12.4. The minimum Gasteiger partial charge on any atom is -0.457 e. The van der Waals surface area contributed by atoms with E-state index in [2.05, 4.69) is 23.3 Å². The minimum absolute atomic E-state index is 0.0251. The van der Waals surface area contributed by atoms with E-state index in [0.29, 0.717) is 11.5 Å². The van der Waals surface area contributed by atoms with Gasteiger partial charge in [0.1, 0.15) is 5.60 Å². The molecule has 2 aromatic rings. The van der Waals surface area contributed by atoms with E-state index in [-0.39, 0.29) is 17.8 Å². The summed E-state index contributed by atoms with van der Waals surface area (Å²) in [7, 11) is 0. The molecule has 0 saturated carbocycles. The fourth-order valence-corrected chi connectivity index (χ4v) is 3.24. The van der Waals surface area contributed by atoms with Gasteiger partial charge in [0.05, 0.1) is 5.69 Å². The van der Waals surface area contributed by atoms with Crippen molar-refractivity contribution in [3.8, 4) is 0 Å². The lowest BCUT2D eigenvalue weighted by molar-refractivity contribution is -0.149. The number of nitrogens with zero attached hydrogens (tertiary/aromatic N) is 2. The number of para-hydroxylation sites is 1. The summed E-state index contributed by atoms with van der Waals surface area (Å²) in [6.45, 7) is 11.6. The largest absolute Gasteiger partial charge is 0.457 e. The number of rotatable bonds is 4. The molecule has 1 aromatic heterocycles. The van der Waals surface area contributed by atoms with Gasteiger partial charge in [0, 0.05) is 28.9 Å². The molecule has 0 amide bonds. The number of hydrogen-bond acceptors (Lipinski definition) is 5. The Morgan fingerprint density at radius 3 is 2.66 bits per heavy atom. The highest BCUT2D eigenvalue weighted by Crippen LogP contribution is 2.35. The number of allylic oxidation sites excluding steroid dienone is 2. The molecule has 29 heavy (non-hydrogen) atoms. The molecule has 1 aliphatic rings. The van der Waals surface area contributed by atoms with Gasteiger partial charge < -0.3 is 10.1 Å². The molecule has 2 unspecified atom stereocenters. The minimum atomic E-state index is -0.519. The molecule has 0 aliphatic heterocycles. The van der Waals surface area contributed by atoms with Gasteiger partial charge in [0.15, 0.2) is 0 Å². The number of benzene rings is 1. The molecule has 0 bridgehead atoms. The van der Waals surface area contributed by atoms with Crippen molar-refractivity contribution >= 4 is 23.7 Å². The molecule has 152 valence electrons. The van der Waals surface area contributed by atoms with Crippen molar-refractivity contribution in [3.63, 3.8) is 0 Å². The van der Waals surface area contributed by atoms with E-state index < -0.39 is 5.60 Å². The van der Waals surface area contributed by atoms with Crippen molar-refractivity contribution in [2.75, 3.05) is 5.32 Å². The number of esters is 1. The molecular formula is C24H29N3O2. The summed E-state index contributed by atoms with van der Waals surface area (Å²) >= 11 is 0. The normalized spacial score (nSPS) is 18.9. The summed E-state index contributed by atoms with van der Waals surface area (Å²) in [6.07, 6.45) is 7.97. The van der Waals surface area contributed by atoms with E-state index in [1.807, 2.05) is 70.3 Å². The van der Waals surface area contributed by atoms with Gasteiger partial charge in [-0.25, -0.2) is 14.8 Å². The Hall–Kier alpha value is -2.95. The van der Waals surface area contributed by atoms with Gasteiger partial charge in [0.25, 0.3) is 0 Å². The van der Waals surface area contributed by atoms with E-state index in [0.717, 1.165) is 22.5 Å². The molecule has 3 rings (SSSR count). The Balaban J connectivity index is 1.91. The fraction of sp³-hybridized carbons (Fsp3) is 0.375. The van der Waals surface area contributed by atoms with Gasteiger partial charge in [-0.1, -0.05) is 43.4 Å². The van der Waals surface area contributed by atoms with Crippen LogP contribution in [0.25, 0.3) is 6.08 Å². The van der Waals surface area contributed by atoms with E-state index in [9.17, 15) is 4.79 Å². The van der Waals surface area contributed by atoms with Crippen LogP contribution in [0.2, 0.25) is 0 Å². The van der Waals surface area contributed by atoms with E-state index in [4.69, 9.17) is 9.72 Å². The van der Waals surface area contributed by atoms with Crippen molar-refractivity contribution in [1.29, 1.82) is 0 Å². The molecule has 0 radical (unpaired) electrons. The van der Waals surface area contributed by atoms with Crippen LogP contribution in [0.3, 0.4) is 0 Å². The smallest absolute Gasteiger partial charge is 0.333 e. The number of aryl methyl sites for hydroxylation is 1. The number of fused-ring (bicyclic) bond motifs is 1. The maximum Gasteiger partial charge on any atom is 0.333 e. The van der Waals surface area contributed by atoms with Crippen LogP contribution in [0.15, 0.2) is 48.2 Å². The number of anilines is 2. The van der Waals surface area contributed by atoms with E-state index in [1.54, 1.807) is 6.92 Å². The van der Waals surface area contributed by atoms with Crippen LogP contribution < -0.4 is 5.32 Å². The highest BCUT2D eigenvalue weighted by atomic mass is 16.6. The first-order valence-corrected chi connectivity index (χ1v) is 9.93. The third kappa shape index (κ3) is 5.11. The van der Waals surface area contributed by atoms with Crippen molar-refractivity contribution < 1.29 is 9.53 Å². The molecule has 1 aliphatic carbocycles. The van der Waals surface area contributed by atoms with E-state index >= 15 is 0 Å².